The summed E-state index contributed by atoms with van der Waals surface area (Å²) in [4.78, 5) is 32.6. The van der Waals surface area contributed by atoms with E-state index in [9.17, 15) is 9.59 Å². The normalized spacial score (nSPS) is 45.7. The quantitative estimate of drug-likeness (QED) is 0.670. The zero-order valence-corrected chi connectivity index (χ0v) is 18.2. The fourth-order valence-electron chi connectivity index (χ4n) is 7.62. The predicted octanol–water partition coefficient (Wildman–Crippen LogP) is 3.83. The third kappa shape index (κ3) is 2.74. The highest BCUT2D eigenvalue weighted by atomic mass is 32.2. The van der Waals surface area contributed by atoms with Gasteiger partial charge in [0.15, 0.2) is 0 Å². The lowest BCUT2D eigenvalue weighted by molar-refractivity contribution is -0.142. The minimum absolute atomic E-state index is 0.129. The summed E-state index contributed by atoms with van der Waals surface area (Å²) in [6.45, 7) is 7.58. The first-order valence-corrected chi connectivity index (χ1v) is 12.5. The average Bonchev–Trinajstić information content (AvgIpc) is 3.06. The van der Waals surface area contributed by atoms with E-state index in [1.807, 2.05) is 11.8 Å². The number of carbonyl (C=O) groups is 2. The van der Waals surface area contributed by atoms with Gasteiger partial charge in [-0.15, -0.1) is 0 Å². The van der Waals surface area contributed by atoms with E-state index in [0.29, 0.717) is 35.9 Å². The van der Waals surface area contributed by atoms with Crippen LogP contribution in [0.1, 0.15) is 58.8 Å². The maximum absolute atomic E-state index is 13.4. The first-order chi connectivity index (χ1) is 13.4. The van der Waals surface area contributed by atoms with Gasteiger partial charge < -0.3 is 4.90 Å². The van der Waals surface area contributed by atoms with E-state index in [0.717, 1.165) is 50.4 Å². The van der Waals surface area contributed by atoms with Crippen molar-refractivity contribution in [1.82, 2.24) is 4.90 Å². The Balaban J connectivity index is 1.39. The largest absolute Gasteiger partial charge is 0.341 e. The van der Waals surface area contributed by atoms with E-state index in [1.54, 1.807) is 0 Å². The lowest BCUT2D eigenvalue weighted by Gasteiger charge is -2.56. The molecule has 3 aliphatic carbocycles. The van der Waals surface area contributed by atoms with Crippen LogP contribution in [0.3, 0.4) is 0 Å². The Bertz CT molecular complexity index is 715. The van der Waals surface area contributed by atoms with Crippen molar-refractivity contribution in [3.05, 3.63) is 0 Å². The minimum atomic E-state index is 0.129. The van der Waals surface area contributed by atoms with Crippen molar-refractivity contribution < 1.29 is 9.59 Å². The number of carbonyl (C=O) groups excluding carboxylic acids is 2. The van der Waals surface area contributed by atoms with Gasteiger partial charge in [0.1, 0.15) is 5.78 Å². The lowest BCUT2D eigenvalue weighted by atomic mass is 9.49. The molecule has 3 saturated carbocycles. The second-order valence-corrected chi connectivity index (χ2v) is 11.6. The molecule has 0 aromatic rings. The van der Waals surface area contributed by atoms with Crippen molar-refractivity contribution in [3.63, 3.8) is 0 Å². The van der Waals surface area contributed by atoms with Crippen LogP contribution in [0, 0.1) is 34.5 Å². The van der Waals surface area contributed by atoms with Crippen molar-refractivity contribution in [2.75, 3.05) is 31.1 Å². The molecular formula is C23H34N2O2S. The van der Waals surface area contributed by atoms with Crippen LogP contribution in [-0.2, 0) is 9.59 Å². The Hall–Kier alpha value is -0.840. The molecule has 3 unspecified atom stereocenters. The van der Waals surface area contributed by atoms with Crippen molar-refractivity contribution in [2.45, 2.75) is 58.8 Å². The number of nitrogens with zero attached hydrogens (tertiary/aromatic N) is 2. The average molecular weight is 403 g/mol. The molecule has 5 heteroatoms. The maximum Gasteiger partial charge on any atom is 0.226 e. The number of Topliss-reactive ketones (excluding diaryl/α,β-unsaturated/α-hetero) is 1. The lowest BCUT2D eigenvalue weighted by Crippen LogP contribution is -2.55. The fourth-order valence-corrected chi connectivity index (χ4v) is 8.52. The van der Waals surface area contributed by atoms with Crippen LogP contribution in [0.25, 0.3) is 0 Å². The van der Waals surface area contributed by atoms with Crippen LogP contribution in [0.4, 0.5) is 0 Å². The Morgan fingerprint density at radius 3 is 2.68 bits per heavy atom. The number of ketones is 1. The number of amides is 1. The van der Waals surface area contributed by atoms with Crippen LogP contribution in [0.15, 0.2) is 4.99 Å². The highest BCUT2D eigenvalue weighted by Gasteiger charge is 2.60. The van der Waals surface area contributed by atoms with E-state index >= 15 is 0 Å². The van der Waals surface area contributed by atoms with Gasteiger partial charge in [-0.05, 0) is 55.3 Å². The minimum Gasteiger partial charge on any atom is -0.341 e. The first kappa shape index (κ1) is 19.1. The molecule has 6 atom stereocenters. The van der Waals surface area contributed by atoms with Crippen molar-refractivity contribution >= 4 is 29.2 Å². The molecule has 2 aliphatic heterocycles. The van der Waals surface area contributed by atoms with Gasteiger partial charge in [0.25, 0.3) is 0 Å². The number of fused-ring (bicyclic) bond motifs is 5. The SMILES string of the molecule is C[C@]12CCC(=O)CC1=NCC1C2CC[C@@]2(C)C1CC[C@@H]2C(=O)N1CCSCC1. The summed E-state index contributed by atoms with van der Waals surface area (Å²) >= 11 is 1.97. The second kappa shape index (κ2) is 6.85. The number of hydrogen-bond acceptors (Lipinski definition) is 4. The van der Waals surface area contributed by atoms with Crippen LogP contribution < -0.4 is 0 Å². The monoisotopic (exact) mass is 402 g/mol. The standard InChI is InChI=1S/C23H34N2O2S/c1-22-8-6-18-16(14-24-20-13-15(26)5-7-23(18,20)2)17(22)3-4-19(22)21(27)25-9-11-28-12-10-25/h16-19H,3-14H2,1-2H3/t16?,17?,18?,19-,22+,23-/m1/s1. The molecule has 1 amide bonds. The highest BCUT2D eigenvalue weighted by molar-refractivity contribution is 7.99. The topological polar surface area (TPSA) is 49.7 Å². The van der Waals surface area contributed by atoms with Gasteiger partial charge in [-0.2, -0.15) is 11.8 Å². The zero-order valence-electron chi connectivity index (χ0n) is 17.4. The molecule has 0 spiro atoms. The van der Waals surface area contributed by atoms with E-state index in [4.69, 9.17) is 4.99 Å². The first-order valence-electron chi connectivity index (χ1n) is 11.4. The van der Waals surface area contributed by atoms with Crippen LogP contribution in [0.2, 0.25) is 0 Å². The highest BCUT2D eigenvalue weighted by Crippen LogP contribution is 2.63. The summed E-state index contributed by atoms with van der Waals surface area (Å²) in [6, 6.07) is 0. The molecule has 5 aliphatic rings. The number of aliphatic imine (C=N–C) groups is 1. The Morgan fingerprint density at radius 1 is 1.11 bits per heavy atom. The van der Waals surface area contributed by atoms with Crippen LogP contribution >= 0.6 is 11.8 Å². The molecule has 0 N–H and O–H groups in total. The predicted molar refractivity (Wildman–Crippen MR) is 114 cm³/mol. The molecule has 0 bridgehead atoms. The molecule has 0 aromatic carbocycles. The van der Waals surface area contributed by atoms with Gasteiger partial charge in [-0.25, -0.2) is 0 Å². The van der Waals surface area contributed by atoms with Crippen molar-refractivity contribution in [2.24, 2.45) is 39.5 Å². The van der Waals surface area contributed by atoms with E-state index < -0.39 is 0 Å². The summed E-state index contributed by atoms with van der Waals surface area (Å²) < 4.78 is 0. The molecule has 154 valence electrons. The third-order valence-electron chi connectivity index (χ3n) is 9.32. The third-order valence-corrected chi connectivity index (χ3v) is 10.3. The van der Waals surface area contributed by atoms with Crippen LogP contribution in [0.5, 0.6) is 0 Å². The Labute approximate surface area is 173 Å². The molecule has 0 aromatic heterocycles. The van der Waals surface area contributed by atoms with Crippen molar-refractivity contribution in [1.29, 1.82) is 0 Å². The molecule has 4 nitrogen and oxygen atoms in total. The fraction of sp³-hybridized carbons (Fsp3) is 0.870. The smallest absolute Gasteiger partial charge is 0.226 e. The molecule has 1 saturated heterocycles. The van der Waals surface area contributed by atoms with E-state index in [2.05, 4.69) is 18.7 Å². The summed E-state index contributed by atoms with van der Waals surface area (Å²) in [5, 5.41) is 0. The van der Waals surface area contributed by atoms with E-state index in [1.165, 1.54) is 25.0 Å². The molecular weight excluding hydrogens is 368 g/mol. The maximum atomic E-state index is 13.4. The zero-order chi connectivity index (χ0) is 19.5. The molecule has 5 rings (SSSR count). The summed E-state index contributed by atoms with van der Waals surface area (Å²) in [5.41, 5.74) is 1.48. The van der Waals surface area contributed by atoms with Crippen molar-refractivity contribution in [3.8, 4) is 0 Å². The molecule has 28 heavy (non-hydrogen) atoms. The van der Waals surface area contributed by atoms with Gasteiger partial charge in [-0.1, -0.05) is 13.8 Å². The second-order valence-electron chi connectivity index (χ2n) is 10.4. The molecule has 0 radical (unpaired) electrons. The number of hydrogen-bond donors (Lipinski definition) is 0. The molecule has 4 fully saturated rings. The van der Waals surface area contributed by atoms with Crippen LogP contribution in [-0.4, -0.2) is 53.4 Å². The summed E-state index contributed by atoms with van der Waals surface area (Å²) in [6.07, 6.45) is 6.96. The van der Waals surface area contributed by atoms with Gasteiger partial charge in [0.2, 0.25) is 5.91 Å². The van der Waals surface area contributed by atoms with Gasteiger partial charge in [-0.3, -0.25) is 14.6 Å². The summed E-state index contributed by atoms with van der Waals surface area (Å²) in [5.74, 6) is 5.11. The molecule has 2 heterocycles. The van der Waals surface area contributed by atoms with Gasteiger partial charge in [0, 0.05) is 61.0 Å². The Morgan fingerprint density at radius 2 is 1.89 bits per heavy atom. The number of rotatable bonds is 1. The van der Waals surface area contributed by atoms with Gasteiger partial charge >= 0.3 is 0 Å². The Kier molecular flexibility index (Phi) is 4.68. The number of thioether (sulfide) groups is 1. The summed E-state index contributed by atoms with van der Waals surface area (Å²) in [7, 11) is 0. The van der Waals surface area contributed by atoms with Gasteiger partial charge in [0.05, 0.1) is 0 Å². The van der Waals surface area contributed by atoms with E-state index in [-0.39, 0.29) is 16.7 Å².